The normalized spacial score (nSPS) is 15.6. The number of pyridine rings is 1. The summed E-state index contributed by atoms with van der Waals surface area (Å²) in [6.07, 6.45) is 3.44. The van der Waals surface area contributed by atoms with E-state index in [1.165, 1.54) is 0 Å². The maximum absolute atomic E-state index is 13.3. The Hall–Kier alpha value is -2.97. The van der Waals surface area contributed by atoms with Crippen LogP contribution in [0, 0.1) is 0 Å². The van der Waals surface area contributed by atoms with Crippen molar-refractivity contribution in [3.05, 3.63) is 64.7 Å². The molecule has 0 unspecified atom stereocenters. The molecule has 0 fully saturated rings. The third-order valence-electron chi connectivity index (χ3n) is 4.92. The monoisotopic (exact) mass is 424 g/mol. The number of likely N-dealkylation sites (N-methyl/N-ethyl adjacent to an activating group) is 1. The molecule has 8 heteroatoms. The number of para-hydroxylation sites is 2. The van der Waals surface area contributed by atoms with Crippen LogP contribution in [0.25, 0.3) is 0 Å². The lowest BCUT2D eigenvalue weighted by Gasteiger charge is -2.26. The van der Waals surface area contributed by atoms with E-state index in [2.05, 4.69) is 14.9 Å². The molecule has 2 aromatic heterocycles. The molecule has 0 bridgehead atoms. The van der Waals surface area contributed by atoms with Crippen LogP contribution in [-0.2, 0) is 6.54 Å². The fourth-order valence-electron chi connectivity index (χ4n) is 3.31. The minimum absolute atomic E-state index is 0.0903. The third-order valence-corrected chi connectivity index (χ3v) is 5.68. The van der Waals surface area contributed by atoms with Crippen molar-refractivity contribution in [2.75, 3.05) is 32.8 Å². The summed E-state index contributed by atoms with van der Waals surface area (Å²) in [7, 11) is 0. The van der Waals surface area contributed by atoms with E-state index in [1.54, 1.807) is 29.7 Å². The lowest BCUT2D eigenvalue weighted by molar-refractivity contribution is 0.0736. The first kappa shape index (κ1) is 20.3. The van der Waals surface area contributed by atoms with Crippen molar-refractivity contribution in [2.45, 2.75) is 13.5 Å². The number of hydrogen-bond donors (Lipinski definition) is 0. The Labute approximate surface area is 179 Å². The topological polar surface area (TPSA) is 67.8 Å². The molecule has 1 aromatic carbocycles. The minimum atomic E-state index is -0.0903. The molecule has 7 nitrogen and oxygen atoms in total. The van der Waals surface area contributed by atoms with Crippen LogP contribution in [-0.4, -0.2) is 58.5 Å². The van der Waals surface area contributed by atoms with Crippen molar-refractivity contribution in [3.63, 3.8) is 0 Å². The largest absolute Gasteiger partial charge is 0.488 e. The summed E-state index contributed by atoms with van der Waals surface area (Å²) in [4.78, 5) is 26.1. The SMILES string of the molecule is CCN1CCN(Cc2nccs2)CCOc2ccccc2Oc2ncccc2C1=O. The standard InChI is InChI=1S/C22H24N4O3S/c1-2-26-12-11-25(16-20-23-10-15-30-20)13-14-28-18-7-3-4-8-19(18)29-21-17(22(26)27)6-5-9-24-21/h3-10,15H,2,11-14,16H2,1H3. The van der Waals surface area contributed by atoms with Crippen molar-refractivity contribution in [1.82, 2.24) is 19.8 Å². The highest BCUT2D eigenvalue weighted by Crippen LogP contribution is 2.32. The van der Waals surface area contributed by atoms with Crippen molar-refractivity contribution in [3.8, 4) is 17.4 Å². The van der Waals surface area contributed by atoms with Crippen molar-refractivity contribution >= 4 is 17.2 Å². The highest BCUT2D eigenvalue weighted by molar-refractivity contribution is 7.09. The number of carbonyl (C=O) groups is 1. The zero-order valence-electron chi connectivity index (χ0n) is 16.9. The number of thiazole rings is 1. The van der Waals surface area contributed by atoms with Crippen molar-refractivity contribution in [1.29, 1.82) is 0 Å². The number of benzene rings is 1. The molecule has 4 rings (SSSR count). The van der Waals surface area contributed by atoms with E-state index < -0.39 is 0 Å². The van der Waals surface area contributed by atoms with Gasteiger partial charge < -0.3 is 14.4 Å². The molecule has 0 saturated heterocycles. The zero-order chi connectivity index (χ0) is 20.8. The zero-order valence-corrected chi connectivity index (χ0v) is 17.7. The highest BCUT2D eigenvalue weighted by atomic mass is 32.1. The van der Waals surface area contributed by atoms with Crippen LogP contribution in [0.1, 0.15) is 22.3 Å². The summed E-state index contributed by atoms with van der Waals surface area (Å²) < 4.78 is 12.1. The average molecular weight is 425 g/mol. The van der Waals surface area contributed by atoms with E-state index in [1.807, 2.05) is 47.7 Å². The fraction of sp³-hybridized carbons (Fsp3) is 0.318. The maximum Gasteiger partial charge on any atom is 0.259 e. The third kappa shape index (κ3) is 4.77. The maximum atomic E-state index is 13.3. The summed E-state index contributed by atoms with van der Waals surface area (Å²) in [6.45, 7) is 5.85. The lowest BCUT2D eigenvalue weighted by Crippen LogP contribution is -2.39. The van der Waals surface area contributed by atoms with Crippen LogP contribution in [0.5, 0.6) is 17.4 Å². The van der Waals surface area contributed by atoms with Gasteiger partial charge in [-0.05, 0) is 31.2 Å². The second-order valence-electron chi connectivity index (χ2n) is 6.84. The average Bonchev–Trinajstić information content (AvgIpc) is 3.28. The van der Waals surface area contributed by atoms with Gasteiger partial charge in [0.15, 0.2) is 11.5 Å². The Kier molecular flexibility index (Phi) is 6.56. The van der Waals surface area contributed by atoms with Gasteiger partial charge in [0.2, 0.25) is 5.88 Å². The molecular formula is C22H24N4O3S. The Morgan fingerprint density at radius 1 is 1.03 bits per heavy atom. The molecule has 1 aliphatic rings. The summed E-state index contributed by atoms with van der Waals surface area (Å²) in [5.41, 5.74) is 0.444. The molecule has 156 valence electrons. The molecule has 1 aliphatic heterocycles. The van der Waals surface area contributed by atoms with Gasteiger partial charge in [-0.3, -0.25) is 9.69 Å². The van der Waals surface area contributed by atoms with Gasteiger partial charge in [-0.1, -0.05) is 12.1 Å². The Bertz CT molecular complexity index is 980. The van der Waals surface area contributed by atoms with Crippen LogP contribution < -0.4 is 9.47 Å². The number of amides is 1. The molecule has 30 heavy (non-hydrogen) atoms. The van der Waals surface area contributed by atoms with E-state index in [9.17, 15) is 4.79 Å². The number of aromatic nitrogens is 2. The van der Waals surface area contributed by atoms with E-state index in [0.717, 1.165) is 18.1 Å². The fourth-order valence-corrected chi connectivity index (χ4v) is 3.96. The molecule has 3 heterocycles. The van der Waals surface area contributed by atoms with Gasteiger partial charge in [-0.2, -0.15) is 0 Å². The predicted molar refractivity (Wildman–Crippen MR) is 115 cm³/mol. The number of hydrogen-bond acceptors (Lipinski definition) is 7. The number of rotatable bonds is 3. The molecule has 1 amide bonds. The number of carbonyl (C=O) groups excluding carboxylic acids is 1. The minimum Gasteiger partial charge on any atom is -0.488 e. The van der Waals surface area contributed by atoms with E-state index in [0.29, 0.717) is 43.3 Å². The molecule has 0 spiro atoms. The Morgan fingerprint density at radius 3 is 2.70 bits per heavy atom. The molecule has 0 aliphatic carbocycles. The second-order valence-corrected chi connectivity index (χ2v) is 7.82. The van der Waals surface area contributed by atoms with E-state index >= 15 is 0 Å². The van der Waals surface area contributed by atoms with Crippen LogP contribution in [0.4, 0.5) is 0 Å². The van der Waals surface area contributed by atoms with Crippen LogP contribution in [0.2, 0.25) is 0 Å². The van der Waals surface area contributed by atoms with Crippen molar-refractivity contribution < 1.29 is 14.3 Å². The van der Waals surface area contributed by atoms with Crippen LogP contribution in [0.3, 0.4) is 0 Å². The quantitative estimate of drug-likeness (QED) is 0.639. The smallest absolute Gasteiger partial charge is 0.259 e. The van der Waals surface area contributed by atoms with Gasteiger partial charge >= 0.3 is 0 Å². The van der Waals surface area contributed by atoms with Gasteiger partial charge in [0, 0.05) is 44.0 Å². The summed E-state index contributed by atoms with van der Waals surface area (Å²) in [5.74, 6) is 1.37. The molecule has 0 radical (unpaired) electrons. The highest BCUT2D eigenvalue weighted by Gasteiger charge is 2.22. The first-order valence-corrected chi connectivity index (χ1v) is 10.9. The lowest BCUT2D eigenvalue weighted by atomic mass is 10.2. The van der Waals surface area contributed by atoms with E-state index in [4.69, 9.17) is 9.47 Å². The molecular weight excluding hydrogens is 400 g/mol. The first-order valence-electron chi connectivity index (χ1n) is 9.99. The van der Waals surface area contributed by atoms with Gasteiger partial charge in [-0.25, -0.2) is 9.97 Å². The second kappa shape index (κ2) is 9.69. The Balaban J connectivity index is 1.65. The van der Waals surface area contributed by atoms with Crippen LogP contribution in [0.15, 0.2) is 54.2 Å². The van der Waals surface area contributed by atoms with Gasteiger partial charge in [0.05, 0.1) is 6.54 Å². The number of nitrogens with zero attached hydrogens (tertiary/aromatic N) is 4. The summed E-state index contributed by atoms with van der Waals surface area (Å²) >= 11 is 1.63. The predicted octanol–water partition coefficient (Wildman–Crippen LogP) is 3.69. The molecule has 0 N–H and O–H groups in total. The number of ether oxygens (including phenoxy) is 2. The molecule has 0 atom stereocenters. The summed E-state index contributed by atoms with van der Waals surface area (Å²) in [6, 6.07) is 11.0. The van der Waals surface area contributed by atoms with E-state index in [-0.39, 0.29) is 11.8 Å². The molecule has 0 saturated carbocycles. The first-order chi connectivity index (χ1) is 14.7. The van der Waals surface area contributed by atoms with Gasteiger partial charge in [0.1, 0.15) is 17.2 Å². The van der Waals surface area contributed by atoms with Gasteiger partial charge in [0.25, 0.3) is 5.91 Å². The number of fused-ring (bicyclic) bond motifs is 2. The van der Waals surface area contributed by atoms with Crippen molar-refractivity contribution in [2.24, 2.45) is 0 Å². The van der Waals surface area contributed by atoms with Gasteiger partial charge in [-0.15, -0.1) is 11.3 Å². The molecule has 3 aromatic rings. The van der Waals surface area contributed by atoms with Crippen LogP contribution >= 0.6 is 11.3 Å². The Morgan fingerprint density at radius 2 is 1.90 bits per heavy atom. The summed E-state index contributed by atoms with van der Waals surface area (Å²) in [5, 5.41) is 3.03.